The highest BCUT2D eigenvalue weighted by Gasteiger charge is 2.03. The first-order valence-electron chi connectivity index (χ1n) is 7.77. The molecule has 0 saturated heterocycles. The molecular weight excluding hydrogens is 268 g/mol. The summed E-state index contributed by atoms with van der Waals surface area (Å²) >= 11 is 0. The van der Waals surface area contributed by atoms with Gasteiger partial charge in [-0.1, -0.05) is 85.7 Å². The van der Waals surface area contributed by atoms with Crippen molar-refractivity contribution >= 4 is 18.4 Å². The Bertz CT molecular complexity index is 651. The zero-order chi connectivity index (χ0) is 15.6. The average Bonchev–Trinajstić information content (AvgIpc) is 2.55. The van der Waals surface area contributed by atoms with Gasteiger partial charge in [-0.05, 0) is 35.6 Å². The molecule has 0 aliphatic rings. The topological polar surface area (TPSA) is 17.1 Å². The smallest absolute Gasteiger partial charge is 0.142 e. The number of carbonyl (C=O) groups is 1. The van der Waals surface area contributed by atoms with Gasteiger partial charge in [-0.2, -0.15) is 0 Å². The minimum atomic E-state index is 0.823. The maximum absolute atomic E-state index is 10.6. The Kier molecular flexibility index (Phi) is 6.38. The molecule has 0 aromatic heterocycles. The van der Waals surface area contributed by atoms with Crippen LogP contribution in [0.25, 0.3) is 12.2 Å². The van der Waals surface area contributed by atoms with Crippen molar-refractivity contribution in [3.05, 3.63) is 82.9 Å². The van der Waals surface area contributed by atoms with E-state index in [9.17, 15) is 4.79 Å². The molecule has 0 spiro atoms. The van der Waals surface area contributed by atoms with Gasteiger partial charge in [0.25, 0.3) is 0 Å². The van der Waals surface area contributed by atoms with Gasteiger partial charge >= 0.3 is 0 Å². The summed E-state index contributed by atoms with van der Waals surface area (Å²) in [5, 5.41) is 0. The molecule has 0 aliphatic carbocycles. The predicted molar refractivity (Wildman–Crippen MR) is 94.6 cm³/mol. The number of carbonyl (C=O) groups excluding carboxylic acids is 1. The van der Waals surface area contributed by atoms with Crippen LogP contribution >= 0.6 is 0 Å². The summed E-state index contributed by atoms with van der Waals surface area (Å²) in [6.45, 7) is 2.21. The highest BCUT2D eigenvalue weighted by Crippen LogP contribution is 2.20. The Morgan fingerprint density at radius 2 is 1.73 bits per heavy atom. The van der Waals surface area contributed by atoms with Gasteiger partial charge in [0.1, 0.15) is 6.29 Å². The van der Waals surface area contributed by atoms with Crippen LogP contribution in [-0.4, -0.2) is 6.29 Å². The first kappa shape index (κ1) is 16.0. The third kappa shape index (κ3) is 4.85. The third-order valence-electron chi connectivity index (χ3n) is 3.57. The van der Waals surface area contributed by atoms with E-state index >= 15 is 0 Å². The molecular formula is C21H22O. The van der Waals surface area contributed by atoms with Gasteiger partial charge < -0.3 is 0 Å². The quantitative estimate of drug-likeness (QED) is 0.498. The molecule has 0 heterocycles. The molecule has 2 rings (SSSR count). The minimum Gasteiger partial charge on any atom is -0.299 e. The molecule has 0 radical (unpaired) electrons. The molecule has 1 heteroatoms. The van der Waals surface area contributed by atoms with E-state index in [0.29, 0.717) is 0 Å². The monoisotopic (exact) mass is 290 g/mol. The lowest BCUT2D eigenvalue weighted by atomic mass is 9.95. The summed E-state index contributed by atoms with van der Waals surface area (Å²) in [6.07, 6.45) is 9.68. The third-order valence-corrected chi connectivity index (χ3v) is 3.57. The van der Waals surface area contributed by atoms with Gasteiger partial charge in [0, 0.05) is 0 Å². The lowest BCUT2D eigenvalue weighted by Crippen LogP contribution is -1.94. The van der Waals surface area contributed by atoms with Gasteiger partial charge in [0.2, 0.25) is 0 Å². The molecule has 0 atom stereocenters. The fourth-order valence-corrected chi connectivity index (χ4v) is 2.56. The Hall–Kier alpha value is -2.41. The van der Waals surface area contributed by atoms with Crippen LogP contribution in [0.5, 0.6) is 0 Å². The lowest BCUT2D eigenvalue weighted by molar-refractivity contribution is -0.104. The molecule has 2 aromatic carbocycles. The second kappa shape index (κ2) is 8.78. The SMILES string of the molecule is CCC/C(=C\c1ccccc1)Cc1ccccc1/C=C/C=O. The molecule has 0 aliphatic heterocycles. The van der Waals surface area contributed by atoms with Crippen molar-refractivity contribution in [2.45, 2.75) is 26.2 Å². The second-order valence-electron chi connectivity index (χ2n) is 5.33. The van der Waals surface area contributed by atoms with E-state index in [1.165, 1.54) is 16.7 Å². The van der Waals surface area contributed by atoms with Crippen LogP contribution in [-0.2, 0) is 11.2 Å². The van der Waals surface area contributed by atoms with Gasteiger partial charge in [0.15, 0.2) is 0 Å². The summed E-state index contributed by atoms with van der Waals surface area (Å²) in [7, 11) is 0. The zero-order valence-electron chi connectivity index (χ0n) is 13.0. The summed E-state index contributed by atoms with van der Waals surface area (Å²) in [6, 6.07) is 18.7. The van der Waals surface area contributed by atoms with Gasteiger partial charge in [-0.15, -0.1) is 0 Å². The number of allylic oxidation sites excluding steroid dienone is 2. The van der Waals surface area contributed by atoms with Crippen LogP contribution in [0.2, 0.25) is 0 Å². The van der Waals surface area contributed by atoms with Crippen molar-refractivity contribution in [3.8, 4) is 0 Å². The summed E-state index contributed by atoms with van der Waals surface area (Å²) in [5.74, 6) is 0. The molecule has 0 bridgehead atoms. The molecule has 0 fully saturated rings. The van der Waals surface area contributed by atoms with E-state index in [-0.39, 0.29) is 0 Å². The van der Waals surface area contributed by atoms with E-state index in [4.69, 9.17) is 0 Å². The molecule has 0 N–H and O–H groups in total. The molecule has 2 aromatic rings. The lowest BCUT2D eigenvalue weighted by Gasteiger charge is -2.10. The maximum Gasteiger partial charge on any atom is 0.142 e. The summed E-state index contributed by atoms with van der Waals surface area (Å²) in [5.41, 5.74) is 5.04. The molecule has 1 nitrogen and oxygen atoms in total. The van der Waals surface area contributed by atoms with Crippen LogP contribution < -0.4 is 0 Å². The van der Waals surface area contributed by atoms with Crippen LogP contribution in [0, 0.1) is 0 Å². The Morgan fingerprint density at radius 1 is 1.00 bits per heavy atom. The first-order valence-corrected chi connectivity index (χ1v) is 7.77. The van der Waals surface area contributed by atoms with E-state index in [0.717, 1.165) is 31.1 Å². The van der Waals surface area contributed by atoms with E-state index < -0.39 is 0 Å². The maximum atomic E-state index is 10.6. The van der Waals surface area contributed by atoms with Crippen molar-refractivity contribution in [2.75, 3.05) is 0 Å². The van der Waals surface area contributed by atoms with Crippen molar-refractivity contribution < 1.29 is 4.79 Å². The van der Waals surface area contributed by atoms with Gasteiger partial charge in [-0.3, -0.25) is 4.79 Å². The van der Waals surface area contributed by atoms with Crippen LogP contribution in [0.15, 0.2) is 66.2 Å². The second-order valence-corrected chi connectivity index (χ2v) is 5.33. The molecule has 112 valence electrons. The zero-order valence-corrected chi connectivity index (χ0v) is 13.0. The van der Waals surface area contributed by atoms with E-state index in [1.807, 2.05) is 18.2 Å². The highest BCUT2D eigenvalue weighted by atomic mass is 16.1. The van der Waals surface area contributed by atoms with Crippen molar-refractivity contribution in [1.82, 2.24) is 0 Å². The first-order chi connectivity index (χ1) is 10.8. The molecule has 22 heavy (non-hydrogen) atoms. The molecule has 0 saturated carbocycles. The van der Waals surface area contributed by atoms with E-state index in [2.05, 4.69) is 55.5 Å². The highest BCUT2D eigenvalue weighted by molar-refractivity contribution is 5.74. The van der Waals surface area contributed by atoms with Crippen molar-refractivity contribution in [2.24, 2.45) is 0 Å². The van der Waals surface area contributed by atoms with Crippen molar-refractivity contribution in [3.63, 3.8) is 0 Å². The number of benzene rings is 2. The summed E-state index contributed by atoms with van der Waals surface area (Å²) in [4.78, 5) is 10.6. The number of hydrogen-bond acceptors (Lipinski definition) is 1. The van der Waals surface area contributed by atoms with Crippen LogP contribution in [0.1, 0.15) is 36.5 Å². The molecule has 0 amide bonds. The average molecular weight is 290 g/mol. The van der Waals surface area contributed by atoms with Crippen molar-refractivity contribution in [1.29, 1.82) is 0 Å². The number of rotatable bonds is 7. The van der Waals surface area contributed by atoms with E-state index in [1.54, 1.807) is 6.08 Å². The van der Waals surface area contributed by atoms with Crippen LogP contribution in [0.4, 0.5) is 0 Å². The predicted octanol–water partition coefficient (Wildman–Crippen LogP) is 5.32. The number of hydrogen-bond donors (Lipinski definition) is 0. The van der Waals surface area contributed by atoms with Crippen LogP contribution in [0.3, 0.4) is 0 Å². The fraction of sp³-hybridized carbons (Fsp3) is 0.190. The molecule has 0 unspecified atom stereocenters. The normalized spacial score (nSPS) is 11.8. The van der Waals surface area contributed by atoms with Gasteiger partial charge in [-0.25, -0.2) is 0 Å². The Labute approximate surface area is 133 Å². The Balaban J connectivity index is 2.27. The fourth-order valence-electron chi connectivity index (χ4n) is 2.56. The van der Waals surface area contributed by atoms with Gasteiger partial charge in [0.05, 0.1) is 0 Å². The summed E-state index contributed by atoms with van der Waals surface area (Å²) < 4.78 is 0. The Morgan fingerprint density at radius 3 is 2.45 bits per heavy atom. The number of aldehydes is 1. The minimum absolute atomic E-state index is 0.823. The standard InChI is InChI=1S/C21H22O/c1-2-9-19(16-18-10-4-3-5-11-18)17-21-13-7-6-12-20(21)14-8-15-22/h3-8,10-16H,2,9,17H2,1H3/b14-8+,19-16+. The largest absolute Gasteiger partial charge is 0.299 e.